The number of rotatable bonds is 6. The monoisotopic (exact) mass is 402 g/mol. The van der Waals surface area contributed by atoms with Gasteiger partial charge in [0.25, 0.3) is 0 Å². The van der Waals surface area contributed by atoms with Crippen LogP contribution in [0.2, 0.25) is 0 Å². The molecule has 3 atom stereocenters. The molecule has 0 saturated heterocycles. The van der Waals surface area contributed by atoms with E-state index in [1.165, 1.54) is 6.42 Å². The van der Waals surface area contributed by atoms with E-state index < -0.39 is 10.8 Å². The molecule has 8 heteroatoms. The summed E-state index contributed by atoms with van der Waals surface area (Å²) in [6.07, 6.45) is 4.62. The SMILES string of the molecule is Cl.NCC1CCCCC1NC(=O)CCS(=O)c1ccc2c(c1)OCCO2. The molecular weight excluding hydrogens is 376 g/mol. The zero-order chi connectivity index (χ0) is 17.6. The van der Waals surface area contributed by atoms with Crippen molar-refractivity contribution >= 4 is 29.1 Å². The van der Waals surface area contributed by atoms with Gasteiger partial charge >= 0.3 is 0 Å². The number of benzene rings is 1. The van der Waals surface area contributed by atoms with Crippen LogP contribution in [-0.4, -0.2) is 41.7 Å². The van der Waals surface area contributed by atoms with Gasteiger partial charge in [0.15, 0.2) is 11.5 Å². The summed E-state index contributed by atoms with van der Waals surface area (Å²) in [6.45, 7) is 1.63. The molecule has 2 aliphatic rings. The summed E-state index contributed by atoms with van der Waals surface area (Å²) in [6, 6.07) is 5.45. The summed E-state index contributed by atoms with van der Waals surface area (Å²) < 4.78 is 23.4. The Labute approximate surface area is 163 Å². The quantitative estimate of drug-likeness (QED) is 0.759. The molecular formula is C18H27ClN2O4S. The van der Waals surface area contributed by atoms with E-state index in [1.54, 1.807) is 18.2 Å². The molecule has 146 valence electrons. The Kier molecular flexibility index (Phi) is 8.18. The second kappa shape index (κ2) is 10.1. The van der Waals surface area contributed by atoms with E-state index in [4.69, 9.17) is 15.2 Å². The highest BCUT2D eigenvalue weighted by Crippen LogP contribution is 2.31. The second-order valence-corrected chi connectivity index (χ2v) is 8.13. The summed E-state index contributed by atoms with van der Waals surface area (Å²) >= 11 is 0. The van der Waals surface area contributed by atoms with E-state index in [-0.39, 0.29) is 30.8 Å². The van der Waals surface area contributed by atoms with Crippen LogP contribution in [0.15, 0.2) is 23.1 Å². The Balaban J connectivity index is 0.00000243. The molecule has 3 unspecified atom stereocenters. The molecule has 6 nitrogen and oxygen atoms in total. The van der Waals surface area contributed by atoms with E-state index >= 15 is 0 Å². The Bertz CT molecular complexity index is 644. The average Bonchev–Trinajstić information content (AvgIpc) is 2.66. The molecule has 1 amide bonds. The number of amides is 1. The molecule has 1 aromatic rings. The fourth-order valence-electron chi connectivity index (χ4n) is 3.43. The Morgan fingerprint density at radius 1 is 1.19 bits per heavy atom. The third-order valence-corrected chi connectivity index (χ3v) is 6.20. The van der Waals surface area contributed by atoms with Crippen molar-refractivity contribution in [3.05, 3.63) is 18.2 Å². The number of nitrogens with two attached hydrogens (primary N) is 1. The van der Waals surface area contributed by atoms with Crippen molar-refractivity contribution in [1.82, 2.24) is 5.32 Å². The number of fused-ring (bicyclic) bond motifs is 1. The van der Waals surface area contributed by atoms with Gasteiger partial charge in [0, 0.05) is 29.2 Å². The standard InChI is InChI=1S/C18H26N2O4S.ClH/c19-12-13-3-1-2-4-15(13)20-18(21)7-10-25(22)14-5-6-16-17(11-14)24-9-8-23-16;/h5-6,11,13,15H,1-4,7-10,12,19H2,(H,20,21);1H. The predicted octanol–water partition coefficient (Wildman–Crippen LogP) is 2.01. The van der Waals surface area contributed by atoms with Gasteiger partial charge in [-0.15, -0.1) is 12.4 Å². The van der Waals surface area contributed by atoms with Crippen molar-refractivity contribution in [2.24, 2.45) is 11.7 Å². The predicted molar refractivity (Wildman–Crippen MR) is 104 cm³/mol. The lowest BCUT2D eigenvalue weighted by Gasteiger charge is -2.31. The molecule has 1 fully saturated rings. The maximum Gasteiger partial charge on any atom is 0.221 e. The first-order valence-corrected chi connectivity index (χ1v) is 10.3. The van der Waals surface area contributed by atoms with Crippen molar-refractivity contribution < 1.29 is 18.5 Å². The Morgan fingerprint density at radius 2 is 1.92 bits per heavy atom. The normalized spacial score (nSPS) is 22.8. The third kappa shape index (κ3) is 5.34. The summed E-state index contributed by atoms with van der Waals surface area (Å²) in [5.74, 6) is 1.91. The molecule has 26 heavy (non-hydrogen) atoms. The second-order valence-electron chi connectivity index (χ2n) is 6.56. The fourth-order valence-corrected chi connectivity index (χ4v) is 4.49. The molecule has 1 aliphatic heterocycles. The van der Waals surface area contributed by atoms with E-state index in [2.05, 4.69) is 5.32 Å². The maximum atomic E-state index is 12.5. The number of hydrogen-bond acceptors (Lipinski definition) is 5. The van der Waals surface area contributed by atoms with E-state index in [1.807, 2.05) is 0 Å². The van der Waals surface area contributed by atoms with Crippen molar-refractivity contribution in [3.63, 3.8) is 0 Å². The minimum absolute atomic E-state index is 0. The van der Waals surface area contributed by atoms with Crippen molar-refractivity contribution in [2.45, 2.75) is 43.0 Å². The number of carbonyl (C=O) groups excluding carboxylic acids is 1. The lowest BCUT2D eigenvalue weighted by atomic mass is 9.84. The molecule has 0 aromatic heterocycles. The Morgan fingerprint density at radius 3 is 2.69 bits per heavy atom. The van der Waals surface area contributed by atoms with Crippen LogP contribution < -0.4 is 20.5 Å². The first-order chi connectivity index (χ1) is 12.2. The van der Waals surface area contributed by atoms with E-state index in [9.17, 15) is 9.00 Å². The van der Waals surface area contributed by atoms with Crippen molar-refractivity contribution in [1.29, 1.82) is 0 Å². The zero-order valence-corrected chi connectivity index (χ0v) is 16.4. The number of hydrogen-bond donors (Lipinski definition) is 2. The highest BCUT2D eigenvalue weighted by Gasteiger charge is 2.25. The maximum absolute atomic E-state index is 12.5. The third-order valence-electron chi connectivity index (χ3n) is 4.85. The highest BCUT2D eigenvalue weighted by molar-refractivity contribution is 7.85. The average molecular weight is 403 g/mol. The van der Waals surface area contributed by atoms with Gasteiger partial charge in [-0.05, 0) is 37.4 Å². The van der Waals surface area contributed by atoms with Gasteiger partial charge in [-0.3, -0.25) is 9.00 Å². The fraction of sp³-hybridized carbons (Fsp3) is 0.611. The Hall–Kier alpha value is -1.31. The van der Waals surface area contributed by atoms with Crippen molar-refractivity contribution in [3.8, 4) is 11.5 Å². The summed E-state index contributed by atoms with van der Waals surface area (Å²) in [7, 11) is -1.24. The minimum Gasteiger partial charge on any atom is -0.486 e. The van der Waals surface area contributed by atoms with Crippen LogP contribution in [0.3, 0.4) is 0 Å². The molecule has 0 bridgehead atoms. The van der Waals surface area contributed by atoms with Crippen LogP contribution in [0.5, 0.6) is 11.5 Å². The number of ether oxygens (including phenoxy) is 2. The van der Waals surface area contributed by atoms with Gasteiger partial charge in [-0.25, -0.2) is 0 Å². The van der Waals surface area contributed by atoms with Crippen molar-refractivity contribution in [2.75, 3.05) is 25.5 Å². The zero-order valence-electron chi connectivity index (χ0n) is 14.8. The molecule has 1 aromatic carbocycles. The van der Waals surface area contributed by atoms with Gasteiger partial charge in [0.1, 0.15) is 13.2 Å². The first kappa shape index (κ1) is 21.0. The number of nitrogens with one attached hydrogen (secondary N) is 1. The summed E-state index contributed by atoms with van der Waals surface area (Å²) in [5.41, 5.74) is 5.80. The van der Waals surface area contributed by atoms with Crippen LogP contribution in [-0.2, 0) is 15.6 Å². The van der Waals surface area contributed by atoms with Gasteiger partial charge in [0.2, 0.25) is 5.91 Å². The van der Waals surface area contributed by atoms with Gasteiger partial charge in [0.05, 0.1) is 10.8 Å². The van der Waals surface area contributed by atoms with Crippen LogP contribution in [0.25, 0.3) is 0 Å². The van der Waals surface area contributed by atoms with E-state index in [0.29, 0.717) is 47.8 Å². The lowest BCUT2D eigenvalue weighted by Crippen LogP contribution is -2.44. The molecule has 1 aliphatic carbocycles. The molecule has 3 N–H and O–H groups in total. The highest BCUT2D eigenvalue weighted by atomic mass is 35.5. The largest absolute Gasteiger partial charge is 0.486 e. The van der Waals surface area contributed by atoms with Gasteiger partial charge in [-0.1, -0.05) is 12.8 Å². The molecule has 0 spiro atoms. The molecule has 1 saturated carbocycles. The van der Waals surface area contributed by atoms with Crippen LogP contribution >= 0.6 is 12.4 Å². The minimum atomic E-state index is -1.24. The molecule has 0 radical (unpaired) electrons. The van der Waals surface area contributed by atoms with Gasteiger partial charge in [-0.2, -0.15) is 0 Å². The lowest BCUT2D eigenvalue weighted by molar-refractivity contribution is -0.122. The van der Waals surface area contributed by atoms with Crippen LogP contribution in [0.4, 0.5) is 0 Å². The molecule has 1 heterocycles. The summed E-state index contributed by atoms with van der Waals surface area (Å²) in [5, 5.41) is 3.08. The molecule has 3 rings (SSSR count). The van der Waals surface area contributed by atoms with Crippen LogP contribution in [0, 0.1) is 5.92 Å². The van der Waals surface area contributed by atoms with Crippen LogP contribution in [0.1, 0.15) is 32.1 Å². The topological polar surface area (TPSA) is 90.7 Å². The van der Waals surface area contributed by atoms with E-state index in [0.717, 1.165) is 19.3 Å². The number of carbonyl (C=O) groups is 1. The summed E-state index contributed by atoms with van der Waals surface area (Å²) in [4.78, 5) is 12.9. The number of halogens is 1. The van der Waals surface area contributed by atoms with Gasteiger partial charge < -0.3 is 20.5 Å². The smallest absolute Gasteiger partial charge is 0.221 e. The first-order valence-electron chi connectivity index (χ1n) is 8.95.